The first-order chi connectivity index (χ1) is 19.3. The predicted molar refractivity (Wildman–Crippen MR) is 140 cm³/mol. The summed E-state index contributed by atoms with van der Waals surface area (Å²) in [5, 5.41) is 0.450. The summed E-state index contributed by atoms with van der Waals surface area (Å²) >= 11 is 0. The number of carbonyl (C=O) groups is 6. The van der Waals surface area contributed by atoms with E-state index in [1.54, 1.807) is 42.5 Å². The summed E-state index contributed by atoms with van der Waals surface area (Å²) in [5.74, 6) is -4.09. The summed E-state index contributed by atoms with van der Waals surface area (Å²) in [5.41, 5.74) is 1.12. The van der Waals surface area contributed by atoms with Crippen LogP contribution >= 0.6 is 0 Å². The lowest BCUT2D eigenvalue weighted by molar-refractivity contribution is -0.152. The molecule has 0 saturated carbocycles. The van der Waals surface area contributed by atoms with Gasteiger partial charge in [0.2, 0.25) is 23.8 Å². The molecule has 10 nitrogen and oxygen atoms in total. The number of pyridine rings is 1. The Kier molecular flexibility index (Phi) is 6.10. The summed E-state index contributed by atoms with van der Waals surface area (Å²) in [6, 6.07) is 14.2. The third-order valence-electron chi connectivity index (χ3n) is 7.51. The van der Waals surface area contributed by atoms with Crippen LogP contribution in [0.1, 0.15) is 62.8 Å². The number of likely N-dealkylation sites (tertiary alicyclic amines) is 1. The Labute approximate surface area is 228 Å². The van der Waals surface area contributed by atoms with Crippen LogP contribution in [0.25, 0.3) is 10.9 Å². The summed E-state index contributed by atoms with van der Waals surface area (Å²) < 4.78 is 5.50. The Morgan fingerprint density at radius 1 is 0.950 bits per heavy atom. The number of ketones is 1. The van der Waals surface area contributed by atoms with Crippen LogP contribution in [0.5, 0.6) is 0 Å². The van der Waals surface area contributed by atoms with Gasteiger partial charge in [-0.15, -0.1) is 0 Å². The first kappa shape index (κ1) is 25.3. The van der Waals surface area contributed by atoms with Crippen LogP contribution in [0.2, 0.25) is 0 Å². The van der Waals surface area contributed by atoms with Gasteiger partial charge >= 0.3 is 5.97 Å². The maximum absolute atomic E-state index is 13.2. The van der Waals surface area contributed by atoms with E-state index in [4.69, 9.17) is 4.74 Å². The van der Waals surface area contributed by atoms with E-state index in [9.17, 15) is 28.8 Å². The van der Waals surface area contributed by atoms with Gasteiger partial charge in [-0.25, -0.2) is 9.88 Å². The summed E-state index contributed by atoms with van der Waals surface area (Å²) in [4.78, 5) is 83.5. The molecule has 0 spiro atoms. The number of amides is 4. The number of esters is 1. The van der Waals surface area contributed by atoms with Gasteiger partial charge in [-0.05, 0) is 37.1 Å². The van der Waals surface area contributed by atoms with Crippen molar-refractivity contribution in [3.8, 4) is 0 Å². The molecule has 2 aromatic carbocycles. The first-order valence-electron chi connectivity index (χ1n) is 12.8. The number of ether oxygens (including phenoxy) is 1. The monoisotopic (exact) mass is 537 g/mol. The van der Waals surface area contributed by atoms with E-state index in [-0.39, 0.29) is 28.6 Å². The normalized spacial score (nSPS) is 20.6. The molecule has 1 saturated heterocycles. The molecule has 3 aliphatic rings. The molecule has 1 fully saturated rings. The molecule has 3 atom stereocenters. The Balaban J connectivity index is 1.32. The van der Waals surface area contributed by atoms with E-state index >= 15 is 0 Å². The highest BCUT2D eigenvalue weighted by molar-refractivity contribution is 6.21. The van der Waals surface area contributed by atoms with Crippen molar-refractivity contribution in [3.63, 3.8) is 0 Å². The summed E-state index contributed by atoms with van der Waals surface area (Å²) in [6.45, 7) is 0.764. The molecular formula is C30H23N3O7. The largest absolute Gasteiger partial charge is 0.437 e. The molecule has 6 rings (SSSR count). The van der Waals surface area contributed by atoms with Crippen LogP contribution in [-0.2, 0) is 19.1 Å². The minimum absolute atomic E-state index is 0.0421. The van der Waals surface area contributed by atoms with E-state index < -0.39 is 48.2 Å². The molecule has 10 heteroatoms. The number of hydrogen-bond donors (Lipinski definition) is 0. The number of aromatic nitrogens is 1. The molecule has 3 unspecified atom stereocenters. The van der Waals surface area contributed by atoms with Crippen LogP contribution in [0.3, 0.4) is 0 Å². The number of Topliss-reactive ketones (excluding diaryl/α,β-unsaturated/α-hetero) is 1. The molecule has 3 aromatic rings. The van der Waals surface area contributed by atoms with Crippen molar-refractivity contribution in [3.05, 3.63) is 89.1 Å². The van der Waals surface area contributed by atoms with Crippen molar-refractivity contribution in [2.24, 2.45) is 11.8 Å². The van der Waals surface area contributed by atoms with E-state index in [2.05, 4.69) is 4.98 Å². The fourth-order valence-electron chi connectivity index (χ4n) is 5.62. The number of hydrogen-bond acceptors (Lipinski definition) is 8. The van der Waals surface area contributed by atoms with Crippen LogP contribution in [0.4, 0.5) is 0 Å². The fourth-order valence-corrected chi connectivity index (χ4v) is 5.62. The molecule has 4 amide bonds. The third kappa shape index (κ3) is 4.00. The zero-order valence-corrected chi connectivity index (χ0v) is 21.4. The molecule has 2 aliphatic heterocycles. The lowest BCUT2D eigenvalue weighted by Crippen LogP contribution is -2.36. The SMILES string of the molecule is CC(=O)OC(c1cccc2nc(C(=O)CN3C(=O)C4C=CCCC4C3=O)ccc12)N1C(=O)c2ccccc2C1=O. The summed E-state index contributed by atoms with van der Waals surface area (Å²) in [6.07, 6.45) is 3.54. The fraction of sp³-hybridized carbons (Fsp3) is 0.233. The number of rotatable bonds is 6. The minimum Gasteiger partial charge on any atom is -0.437 e. The second-order valence-electron chi connectivity index (χ2n) is 9.92. The summed E-state index contributed by atoms with van der Waals surface area (Å²) in [7, 11) is 0. The number of carbonyl (C=O) groups excluding carboxylic acids is 6. The van der Waals surface area contributed by atoms with Gasteiger partial charge in [0.15, 0.2) is 0 Å². The molecule has 0 radical (unpaired) electrons. The average molecular weight is 538 g/mol. The smallest absolute Gasteiger partial charge is 0.304 e. The Hall–Kier alpha value is -4.99. The number of allylic oxidation sites excluding steroid dienone is 1. The molecule has 200 valence electrons. The van der Waals surface area contributed by atoms with Gasteiger partial charge in [0.05, 0.1) is 35.0 Å². The number of benzene rings is 2. The van der Waals surface area contributed by atoms with Gasteiger partial charge in [0.25, 0.3) is 11.8 Å². The Morgan fingerprint density at radius 3 is 2.35 bits per heavy atom. The maximum atomic E-state index is 13.2. The molecule has 1 aliphatic carbocycles. The van der Waals surface area contributed by atoms with Crippen LogP contribution < -0.4 is 0 Å². The lowest BCUT2D eigenvalue weighted by Gasteiger charge is -2.26. The molecule has 0 bridgehead atoms. The van der Waals surface area contributed by atoms with Crippen molar-refractivity contribution >= 4 is 46.3 Å². The van der Waals surface area contributed by atoms with Crippen molar-refractivity contribution in [1.82, 2.24) is 14.8 Å². The van der Waals surface area contributed by atoms with Crippen LogP contribution in [0.15, 0.2) is 66.7 Å². The topological polar surface area (TPSA) is 131 Å². The van der Waals surface area contributed by atoms with Crippen molar-refractivity contribution < 1.29 is 33.5 Å². The van der Waals surface area contributed by atoms with Crippen molar-refractivity contribution in [1.29, 1.82) is 0 Å². The zero-order chi connectivity index (χ0) is 28.1. The second kappa shape index (κ2) is 9.64. The molecule has 3 heterocycles. The Bertz CT molecular complexity index is 1640. The highest BCUT2D eigenvalue weighted by Gasteiger charge is 2.47. The van der Waals surface area contributed by atoms with Crippen LogP contribution in [-0.4, -0.2) is 56.7 Å². The average Bonchev–Trinajstić information content (AvgIpc) is 3.35. The quantitative estimate of drug-likeness (QED) is 0.203. The van der Waals surface area contributed by atoms with Crippen molar-refractivity contribution in [2.75, 3.05) is 6.54 Å². The highest BCUT2D eigenvalue weighted by atomic mass is 16.6. The van der Waals surface area contributed by atoms with E-state index in [1.807, 2.05) is 6.08 Å². The second-order valence-corrected chi connectivity index (χ2v) is 9.92. The van der Waals surface area contributed by atoms with E-state index in [1.165, 1.54) is 25.1 Å². The zero-order valence-electron chi connectivity index (χ0n) is 21.4. The maximum Gasteiger partial charge on any atom is 0.304 e. The van der Waals surface area contributed by atoms with Gasteiger partial charge in [0.1, 0.15) is 5.69 Å². The van der Waals surface area contributed by atoms with Crippen LogP contribution in [0, 0.1) is 11.8 Å². The minimum atomic E-state index is -1.37. The van der Waals surface area contributed by atoms with Gasteiger partial charge in [-0.3, -0.25) is 33.7 Å². The molecular weight excluding hydrogens is 514 g/mol. The Morgan fingerprint density at radius 2 is 1.68 bits per heavy atom. The first-order valence-corrected chi connectivity index (χ1v) is 12.8. The van der Waals surface area contributed by atoms with E-state index in [0.717, 1.165) is 9.80 Å². The standard InChI is InChI=1S/C30H23N3O7/c1-16(34)40-30(33-28(38)20-9-4-5-10-21(20)29(33)39)22-11-6-12-23-17(22)13-14-24(31-23)25(35)15-32-26(36)18-7-2-3-8-19(18)27(32)37/h2,4-7,9-14,18-19,30H,3,8,15H2,1H3. The number of fused-ring (bicyclic) bond motifs is 3. The van der Waals surface area contributed by atoms with Gasteiger partial charge in [0, 0.05) is 17.9 Å². The lowest BCUT2D eigenvalue weighted by atomic mass is 9.86. The number of nitrogens with zero attached hydrogens (tertiary/aromatic N) is 3. The van der Waals surface area contributed by atoms with Crippen molar-refractivity contribution in [2.45, 2.75) is 26.0 Å². The predicted octanol–water partition coefficient (Wildman–Crippen LogP) is 3.23. The number of imide groups is 2. The molecule has 1 aromatic heterocycles. The molecule has 40 heavy (non-hydrogen) atoms. The van der Waals surface area contributed by atoms with Gasteiger partial charge < -0.3 is 4.74 Å². The van der Waals surface area contributed by atoms with Gasteiger partial charge in [-0.2, -0.15) is 0 Å². The van der Waals surface area contributed by atoms with Gasteiger partial charge in [-0.1, -0.05) is 42.5 Å². The highest BCUT2D eigenvalue weighted by Crippen LogP contribution is 2.36. The third-order valence-corrected chi connectivity index (χ3v) is 7.51. The molecule has 0 N–H and O–H groups in total. The van der Waals surface area contributed by atoms with E-state index in [0.29, 0.717) is 29.3 Å².